The van der Waals surface area contributed by atoms with Crippen molar-refractivity contribution >= 4 is 65.2 Å². The summed E-state index contributed by atoms with van der Waals surface area (Å²) >= 11 is 0. The van der Waals surface area contributed by atoms with Crippen molar-refractivity contribution < 1.29 is 0 Å². The normalized spacial score (nSPS) is 11.7. The molecule has 0 amide bonds. The third-order valence-electron chi connectivity index (χ3n) is 13.9. The summed E-state index contributed by atoms with van der Waals surface area (Å²) in [6, 6.07) is 88.9. The summed E-state index contributed by atoms with van der Waals surface area (Å²) < 4.78 is 4.83. The minimum absolute atomic E-state index is 0.597. The lowest BCUT2D eigenvalue weighted by atomic mass is 9.91. The molecule has 0 aliphatic carbocycles. The highest BCUT2D eigenvalue weighted by Crippen LogP contribution is 2.45. The lowest BCUT2D eigenvalue weighted by Crippen LogP contribution is -2.04. The number of benzene rings is 11. The van der Waals surface area contributed by atoms with Crippen LogP contribution < -0.4 is 0 Å². The van der Waals surface area contributed by atoms with Crippen LogP contribution in [0.25, 0.3) is 133 Å². The Morgan fingerprint density at radius 3 is 1.46 bits per heavy atom. The number of hydrogen-bond acceptors (Lipinski definition) is 3. The van der Waals surface area contributed by atoms with Gasteiger partial charge in [0, 0.05) is 54.9 Å². The molecule has 0 radical (unpaired) electrons. The second kappa shape index (κ2) is 16.1. The van der Waals surface area contributed by atoms with Gasteiger partial charge in [-0.15, -0.1) is 0 Å². The maximum atomic E-state index is 5.54. The van der Waals surface area contributed by atoms with Crippen LogP contribution in [0.15, 0.2) is 249 Å². The lowest BCUT2D eigenvalue weighted by molar-refractivity contribution is 1.08. The molecule has 3 aromatic heterocycles. The van der Waals surface area contributed by atoms with Gasteiger partial charge in [-0.1, -0.05) is 194 Å². The molecule has 11 aromatic carbocycles. The number of rotatable bonds is 7. The smallest absolute Gasteiger partial charge is 0.164 e. The molecular weight excluding hydrogens is 851 g/mol. The second-order valence-electron chi connectivity index (χ2n) is 18.0. The maximum absolute atomic E-state index is 5.54. The van der Waals surface area contributed by atoms with Gasteiger partial charge in [-0.05, 0) is 87.4 Å². The van der Waals surface area contributed by atoms with Gasteiger partial charge in [0.05, 0.1) is 27.8 Å². The molecule has 14 aromatic rings. The van der Waals surface area contributed by atoms with Gasteiger partial charge >= 0.3 is 0 Å². The van der Waals surface area contributed by atoms with Crippen LogP contribution in [-0.2, 0) is 0 Å². The summed E-state index contributed by atoms with van der Waals surface area (Å²) in [6.07, 6.45) is 0. The molecule has 5 heteroatoms. The third kappa shape index (κ3) is 6.44. The number of para-hydroxylation sites is 3. The van der Waals surface area contributed by atoms with Crippen molar-refractivity contribution in [3.05, 3.63) is 249 Å². The Morgan fingerprint density at radius 2 is 0.743 bits per heavy atom. The van der Waals surface area contributed by atoms with Gasteiger partial charge in [-0.2, -0.15) is 0 Å². The Kier molecular flexibility index (Phi) is 9.14. The predicted molar refractivity (Wildman–Crippen MR) is 291 cm³/mol. The van der Waals surface area contributed by atoms with E-state index in [1.165, 1.54) is 32.3 Å². The largest absolute Gasteiger partial charge is 0.309 e. The van der Waals surface area contributed by atoms with Crippen molar-refractivity contribution in [2.24, 2.45) is 0 Å². The van der Waals surface area contributed by atoms with Crippen molar-refractivity contribution in [2.75, 3.05) is 0 Å². The first-order valence-electron chi connectivity index (χ1n) is 23.8. The topological polar surface area (TPSA) is 48.5 Å². The van der Waals surface area contributed by atoms with Crippen LogP contribution >= 0.6 is 0 Å². The first-order valence-corrected chi connectivity index (χ1v) is 23.8. The summed E-state index contributed by atoms with van der Waals surface area (Å²) in [5.41, 5.74) is 13.9. The summed E-state index contributed by atoms with van der Waals surface area (Å²) in [6.45, 7) is 0. The highest BCUT2D eigenvalue weighted by Gasteiger charge is 2.24. The van der Waals surface area contributed by atoms with Crippen LogP contribution in [0, 0.1) is 0 Å². The van der Waals surface area contributed by atoms with Gasteiger partial charge in [0.1, 0.15) is 0 Å². The molecule has 0 fully saturated rings. The van der Waals surface area contributed by atoms with E-state index in [0.717, 1.165) is 83.2 Å². The van der Waals surface area contributed by atoms with E-state index in [0.29, 0.717) is 17.5 Å². The van der Waals surface area contributed by atoms with Crippen LogP contribution in [-0.4, -0.2) is 24.1 Å². The molecule has 0 aliphatic heterocycles. The van der Waals surface area contributed by atoms with E-state index in [9.17, 15) is 0 Å². The van der Waals surface area contributed by atoms with Crippen LogP contribution in [0.1, 0.15) is 0 Å². The molecule has 70 heavy (non-hydrogen) atoms. The summed E-state index contributed by atoms with van der Waals surface area (Å²) in [5, 5.41) is 9.32. The Morgan fingerprint density at radius 1 is 0.243 bits per heavy atom. The molecule has 0 aliphatic rings. The first kappa shape index (κ1) is 39.7. The fourth-order valence-corrected chi connectivity index (χ4v) is 10.7. The van der Waals surface area contributed by atoms with Crippen LogP contribution in [0.2, 0.25) is 0 Å². The summed E-state index contributed by atoms with van der Waals surface area (Å²) in [7, 11) is 0. The zero-order chi connectivity index (χ0) is 46.1. The van der Waals surface area contributed by atoms with E-state index in [4.69, 9.17) is 15.0 Å². The maximum Gasteiger partial charge on any atom is 0.164 e. The van der Waals surface area contributed by atoms with Crippen molar-refractivity contribution in [1.29, 1.82) is 0 Å². The van der Waals surface area contributed by atoms with E-state index in [-0.39, 0.29) is 0 Å². The van der Waals surface area contributed by atoms with E-state index in [2.05, 4.69) is 240 Å². The monoisotopic (exact) mass is 891 g/mol. The molecule has 0 atom stereocenters. The fraction of sp³-hybridized carbons (Fsp3) is 0. The number of fused-ring (bicyclic) bond motifs is 8. The van der Waals surface area contributed by atoms with Gasteiger partial charge in [0.2, 0.25) is 0 Å². The molecule has 326 valence electrons. The van der Waals surface area contributed by atoms with Crippen molar-refractivity contribution in [2.45, 2.75) is 0 Å². The van der Waals surface area contributed by atoms with Crippen molar-refractivity contribution in [3.8, 4) is 67.8 Å². The zero-order valence-electron chi connectivity index (χ0n) is 37.9. The van der Waals surface area contributed by atoms with Gasteiger partial charge in [0.15, 0.2) is 17.5 Å². The molecule has 0 spiro atoms. The van der Waals surface area contributed by atoms with Crippen LogP contribution in [0.4, 0.5) is 0 Å². The fourth-order valence-electron chi connectivity index (χ4n) is 10.7. The molecule has 5 nitrogen and oxygen atoms in total. The van der Waals surface area contributed by atoms with Crippen LogP contribution in [0.3, 0.4) is 0 Å². The van der Waals surface area contributed by atoms with Gasteiger partial charge in [0.25, 0.3) is 0 Å². The van der Waals surface area contributed by atoms with E-state index in [1.807, 2.05) is 18.2 Å². The second-order valence-corrected chi connectivity index (χ2v) is 18.0. The molecule has 0 N–H and O–H groups in total. The van der Waals surface area contributed by atoms with Gasteiger partial charge in [-0.3, -0.25) is 0 Å². The lowest BCUT2D eigenvalue weighted by Gasteiger charge is -2.21. The molecule has 0 bridgehead atoms. The highest BCUT2D eigenvalue weighted by atomic mass is 15.0. The highest BCUT2D eigenvalue weighted by molar-refractivity contribution is 6.17. The SMILES string of the molecule is c1ccc(-c2ccc3c(-n4c5ccccc5c5cc6ccccc6cc54)c(-c4ccccc4)cc(-c4nc(-c5ccccc5)nc(-c5ccc6c7ccccc7n(-c7ccccc7)c6c5)n4)c3c2)cc1. The quantitative estimate of drug-likeness (QED) is 0.160. The number of aromatic nitrogens is 5. The van der Waals surface area contributed by atoms with E-state index < -0.39 is 0 Å². The number of hydrogen-bond donors (Lipinski definition) is 0. The van der Waals surface area contributed by atoms with Gasteiger partial charge < -0.3 is 9.13 Å². The zero-order valence-corrected chi connectivity index (χ0v) is 37.9. The Balaban J connectivity index is 1.09. The Bertz CT molecular complexity index is 4330. The molecule has 0 unspecified atom stereocenters. The molecule has 14 rings (SSSR count). The minimum Gasteiger partial charge on any atom is -0.309 e. The Labute approximate surface area is 403 Å². The average molecular weight is 892 g/mol. The first-order chi connectivity index (χ1) is 34.7. The van der Waals surface area contributed by atoms with Crippen molar-refractivity contribution in [3.63, 3.8) is 0 Å². The number of nitrogens with zero attached hydrogens (tertiary/aromatic N) is 5. The molecule has 3 heterocycles. The predicted octanol–water partition coefficient (Wildman–Crippen LogP) is 16.7. The molecular formula is C65H41N5. The summed E-state index contributed by atoms with van der Waals surface area (Å²) in [5.74, 6) is 1.80. The molecule has 0 saturated heterocycles. The Hall–Kier alpha value is -9.45. The van der Waals surface area contributed by atoms with Crippen molar-refractivity contribution in [1.82, 2.24) is 24.1 Å². The standard InChI is InChI=1S/C65H41N5/c1-5-19-42(20-6-1)47-33-36-53-55(37-47)57(41-54(43-21-7-2-8-22-43)62(53)70-59-32-18-16-30-51(59)56-38-45-25-13-14-26-46(45)39-61(56)70)65-67-63(44-23-9-3-10-24-44)66-64(68-65)48-34-35-52-50-29-15-17-31-58(50)69(60(52)40-48)49-27-11-4-12-28-49/h1-41H. The average Bonchev–Trinajstić information content (AvgIpc) is 3.94. The summed E-state index contributed by atoms with van der Waals surface area (Å²) in [4.78, 5) is 16.3. The van der Waals surface area contributed by atoms with Crippen LogP contribution in [0.5, 0.6) is 0 Å². The molecule has 0 saturated carbocycles. The van der Waals surface area contributed by atoms with Gasteiger partial charge in [-0.25, -0.2) is 15.0 Å². The third-order valence-corrected chi connectivity index (χ3v) is 13.9. The van der Waals surface area contributed by atoms with E-state index in [1.54, 1.807) is 0 Å². The van der Waals surface area contributed by atoms with E-state index >= 15 is 0 Å². The minimum atomic E-state index is 0.597.